The smallest absolute Gasteiger partial charge is 0.225 e. The van der Waals surface area contributed by atoms with E-state index in [0.29, 0.717) is 22.9 Å². The zero-order valence-corrected chi connectivity index (χ0v) is 10.1. The van der Waals surface area contributed by atoms with Gasteiger partial charge in [0.15, 0.2) is 5.75 Å². The lowest BCUT2D eigenvalue weighted by atomic mass is 10.3. The molecular formula is C11H15ClN2O2. The van der Waals surface area contributed by atoms with Crippen LogP contribution in [0.1, 0.15) is 6.42 Å². The molecule has 5 heteroatoms. The van der Waals surface area contributed by atoms with Crippen LogP contribution in [0.2, 0.25) is 5.02 Å². The van der Waals surface area contributed by atoms with Crippen LogP contribution < -0.4 is 10.5 Å². The fourth-order valence-electron chi connectivity index (χ4n) is 1.14. The maximum atomic E-state index is 11.3. The van der Waals surface area contributed by atoms with Crippen molar-refractivity contribution >= 4 is 23.2 Å². The number of anilines is 1. The fraction of sp³-hybridized carbons (Fsp3) is 0.364. The van der Waals surface area contributed by atoms with Crippen molar-refractivity contribution in [3.05, 3.63) is 23.2 Å². The van der Waals surface area contributed by atoms with Gasteiger partial charge in [-0.05, 0) is 12.1 Å². The number of para-hydroxylation sites is 1. The van der Waals surface area contributed by atoms with Crippen molar-refractivity contribution in [2.24, 2.45) is 0 Å². The van der Waals surface area contributed by atoms with Gasteiger partial charge in [-0.3, -0.25) is 4.79 Å². The summed E-state index contributed by atoms with van der Waals surface area (Å²) < 4.78 is 5.38. The minimum absolute atomic E-state index is 0.00521. The Morgan fingerprint density at radius 2 is 2.19 bits per heavy atom. The molecule has 0 atom stereocenters. The Hall–Kier alpha value is -1.42. The van der Waals surface area contributed by atoms with E-state index in [-0.39, 0.29) is 12.5 Å². The van der Waals surface area contributed by atoms with Crippen LogP contribution >= 0.6 is 11.6 Å². The number of nitrogens with zero attached hydrogens (tertiary/aromatic N) is 1. The van der Waals surface area contributed by atoms with Gasteiger partial charge in [-0.2, -0.15) is 0 Å². The zero-order valence-electron chi connectivity index (χ0n) is 9.37. The van der Waals surface area contributed by atoms with E-state index < -0.39 is 0 Å². The van der Waals surface area contributed by atoms with Gasteiger partial charge in [-0.15, -0.1) is 0 Å². The number of hydrogen-bond donors (Lipinski definition) is 1. The van der Waals surface area contributed by atoms with Gasteiger partial charge < -0.3 is 15.4 Å². The molecule has 0 aliphatic carbocycles. The summed E-state index contributed by atoms with van der Waals surface area (Å²) >= 11 is 5.91. The zero-order chi connectivity index (χ0) is 12.1. The van der Waals surface area contributed by atoms with E-state index in [1.807, 2.05) is 0 Å². The molecule has 0 fully saturated rings. The van der Waals surface area contributed by atoms with E-state index in [0.717, 1.165) is 0 Å². The second kappa shape index (κ2) is 5.61. The quantitative estimate of drug-likeness (QED) is 0.819. The number of ether oxygens (including phenoxy) is 1. The van der Waals surface area contributed by atoms with Crippen LogP contribution in [0.4, 0.5) is 5.69 Å². The molecular weight excluding hydrogens is 228 g/mol. The molecule has 2 N–H and O–H groups in total. The lowest BCUT2D eigenvalue weighted by Crippen LogP contribution is -2.23. The van der Waals surface area contributed by atoms with E-state index in [2.05, 4.69) is 0 Å². The molecule has 1 aromatic carbocycles. The maximum Gasteiger partial charge on any atom is 0.225 e. The molecule has 0 aliphatic rings. The third-order valence-electron chi connectivity index (χ3n) is 2.06. The van der Waals surface area contributed by atoms with Gasteiger partial charge in [0.2, 0.25) is 5.91 Å². The summed E-state index contributed by atoms with van der Waals surface area (Å²) in [6.07, 6.45) is 0.303. The summed E-state index contributed by atoms with van der Waals surface area (Å²) in [5.74, 6) is 0.446. The molecule has 0 unspecified atom stereocenters. The van der Waals surface area contributed by atoms with Gasteiger partial charge >= 0.3 is 0 Å². The standard InChI is InChI=1S/C11H15ClN2O2/c1-14(2)10(15)6-7-16-11-8(12)4-3-5-9(11)13/h3-5H,6-7,13H2,1-2H3. The first-order valence-electron chi connectivity index (χ1n) is 4.89. The third-order valence-corrected chi connectivity index (χ3v) is 2.36. The molecule has 88 valence electrons. The monoisotopic (exact) mass is 242 g/mol. The average Bonchev–Trinajstić information content (AvgIpc) is 2.22. The number of hydrogen-bond acceptors (Lipinski definition) is 3. The number of nitrogen functional groups attached to an aromatic ring is 1. The molecule has 0 bridgehead atoms. The summed E-state index contributed by atoms with van der Waals surface area (Å²) in [6.45, 7) is 0.269. The normalized spacial score (nSPS) is 9.94. The molecule has 0 aromatic heterocycles. The SMILES string of the molecule is CN(C)C(=O)CCOc1c(N)cccc1Cl. The summed E-state index contributed by atoms with van der Waals surface area (Å²) in [6, 6.07) is 5.14. The highest BCUT2D eigenvalue weighted by Crippen LogP contribution is 2.30. The van der Waals surface area contributed by atoms with Crippen LogP contribution in [0.3, 0.4) is 0 Å². The van der Waals surface area contributed by atoms with Gasteiger partial charge in [0.1, 0.15) is 0 Å². The van der Waals surface area contributed by atoms with Crippen molar-refractivity contribution in [1.29, 1.82) is 0 Å². The van der Waals surface area contributed by atoms with E-state index in [1.54, 1.807) is 32.3 Å². The molecule has 0 aliphatic heterocycles. The number of carbonyl (C=O) groups excluding carboxylic acids is 1. The Morgan fingerprint density at radius 3 is 2.75 bits per heavy atom. The number of amides is 1. The first-order valence-corrected chi connectivity index (χ1v) is 5.27. The minimum Gasteiger partial charge on any atom is -0.489 e. The molecule has 1 aromatic rings. The summed E-state index contributed by atoms with van der Waals surface area (Å²) in [4.78, 5) is 12.8. The Labute approximate surface area is 99.9 Å². The molecule has 16 heavy (non-hydrogen) atoms. The molecule has 0 saturated carbocycles. The summed E-state index contributed by atoms with van der Waals surface area (Å²) in [5.41, 5.74) is 6.17. The highest BCUT2D eigenvalue weighted by molar-refractivity contribution is 6.32. The van der Waals surface area contributed by atoms with E-state index in [4.69, 9.17) is 22.1 Å². The van der Waals surface area contributed by atoms with Crippen LogP contribution in [-0.4, -0.2) is 31.5 Å². The van der Waals surface area contributed by atoms with Crippen LogP contribution in [-0.2, 0) is 4.79 Å². The fourth-order valence-corrected chi connectivity index (χ4v) is 1.38. The van der Waals surface area contributed by atoms with Crippen molar-refractivity contribution in [3.63, 3.8) is 0 Å². The molecule has 1 amide bonds. The van der Waals surface area contributed by atoms with Gasteiger partial charge in [-0.1, -0.05) is 17.7 Å². The predicted molar refractivity (Wildman–Crippen MR) is 64.7 cm³/mol. The molecule has 0 spiro atoms. The van der Waals surface area contributed by atoms with E-state index in [1.165, 1.54) is 4.90 Å². The van der Waals surface area contributed by atoms with Crippen molar-refractivity contribution < 1.29 is 9.53 Å². The Balaban J connectivity index is 2.52. The number of benzene rings is 1. The Kier molecular flexibility index (Phi) is 4.43. The van der Waals surface area contributed by atoms with E-state index >= 15 is 0 Å². The predicted octanol–water partition coefficient (Wildman–Crippen LogP) is 1.78. The number of halogens is 1. The van der Waals surface area contributed by atoms with Crippen molar-refractivity contribution in [2.75, 3.05) is 26.4 Å². The number of nitrogens with two attached hydrogens (primary N) is 1. The lowest BCUT2D eigenvalue weighted by molar-refractivity contribution is -0.129. The van der Waals surface area contributed by atoms with Crippen molar-refractivity contribution in [2.45, 2.75) is 6.42 Å². The first kappa shape index (κ1) is 12.6. The van der Waals surface area contributed by atoms with Crippen LogP contribution in [0.5, 0.6) is 5.75 Å². The number of carbonyl (C=O) groups is 1. The molecule has 0 heterocycles. The highest BCUT2D eigenvalue weighted by atomic mass is 35.5. The van der Waals surface area contributed by atoms with Gasteiger partial charge in [0.05, 0.1) is 23.7 Å². The van der Waals surface area contributed by atoms with Crippen LogP contribution in [0.25, 0.3) is 0 Å². The van der Waals surface area contributed by atoms with Crippen LogP contribution in [0, 0.1) is 0 Å². The number of rotatable bonds is 4. The second-order valence-electron chi connectivity index (χ2n) is 3.54. The average molecular weight is 243 g/mol. The minimum atomic E-state index is 0.00521. The Bertz CT molecular complexity index is 360. The largest absolute Gasteiger partial charge is 0.489 e. The Morgan fingerprint density at radius 1 is 1.50 bits per heavy atom. The van der Waals surface area contributed by atoms with Gasteiger partial charge in [-0.25, -0.2) is 0 Å². The van der Waals surface area contributed by atoms with Gasteiger partial charge in [0.25, 0.3) is 0 Å². The topological polar surface area (TPSA) is 55.6 Å². The highest BCUT2D eigenvalue weighted by Gasteiger charge is 2.08. The lowest BCUT2D eigenvalue weighted by Gasteiger charge is -2.12. The first-order chi connectivity index (χ1) is 7.52. The van der Waals surface area contributed by atoms with Crippen LogP contribution in [0.15, 0.2) is 18.2 Å². The maximum absolute atomic E-state index is 11.3. The summed E-state index contributed by atoms with van der Waals surface area (Å²) in [5, 5.41) is 0.456. The second-order valence-corrected chi connectivity index (χ2v) is 3.95. The molecule has 0 saturated heterocycles. The van der Waals surface area contributed by atoms with Gasteiger partial charge in [0, 0.05) is 14.1 Å². The van der Waals surface area contributed by atoms with Crippen molar-refractivity contribution in [3.8, 4) is 5.75 Å². The molecule has 0 radical (unpaired) electrons. The molecule has 1 rings (SSSR count). The third kappa shape index (κ3) is 3.31. The van der Waals surface area contributed by atoms with E-state index in [9.17, 15) is 4.79 Å². The van der Waals surface area contributed by atoms with Crippen molar-refractivity contribution in [1.82, 2.24) is 4.90 Å². The summed E-state index contributed by atoms with van der Waals surface area (Å²) in [7, 11) is 3.40. The molecule has 4 nitrogen and oxygen atoms in total.